The highest BCUT2D eigenvalue weighted by Crippen LogP contribution is 2.12. The number of hydrogen-bond donors (Lipinski definition) is 2. The van der Waals surface area contributed by atoms with Crippen LogP contribution < -0.4 is 11.1 Å². The van der Waals surface area contributed by atoms with E-state index in [2.05, 4.69) is 20.0 Å². The van der Waals surface area contributed by atoms with Crippen molar-refractivity contribution in [1.82, 2.24) is 10.1 Å². The maximum absolute atomic E-state index is 5.25. The van der Waals surface area contributed by atoms with Gasteiger partial charge in [0.1, 0.15) is 0 Å². The van der Waals surface area contributed by atoms with Gasteiger partial charge in [0, 0.05) is 5.69 Å². The molecule has 0 bridgehead atoms. The third-order valence-corrected chi connectivity index (χ3v) is 1.47. The lowest BCUT2D eigenvalue weighted by Crippen LogP contribution is -1.91. The summed E-state index contributed by atoms with van der Waals surface area (Å²) >= 11 is 0. The summed E-state index contributed by atoms with van der Waals surface area (Å²) in [6, 6.07) is 9.59. The Hall–Kier alpha value is -2.04. The Labute approximate surface area is 74.6 Å². The molecule has 0 aliphatic heterocycles. The second kappa shape index (κ2) is 3.14. The minimum Gasteiger partial charge on any atom is -0.351 e. The summed E-state index contributed by atoms with van der Waals surface area (Å²) in [5.41, 5.74) is 6.14. The summed E-state index contributed by atoms with van der Waals surface area (Å²) in [5, 5.41) is 6.52. The topological polar surface area (TPSA) is 77.0 Å². The number of aromatic nitrogens is 2. The Kier molecular flexibility index (Phi) is 1.84. The van der Waals surface area contributed by atoms with Gasteiger partial charge in [0.2, 0.25) is 0 Å². The van der Waals surface area contributed by atoms with Gasteiger partial charge in [-0.05, 0) is 17.3 Å². The number of anilines is 3. The predicted molar refractivity (Wildman–Crippen MR) is 48.4 cm³/mol. The molecule has 13 heavy (non-hydrogen) atoms. The predicted octanol–water partition coefficient (Wildman–Crippen LogP) is 1.40. The lowest BCUT2D eigenvalue weighted by molar-refractivity contribution is 0.437. The summed E-state index contributed by atoms with van der Waals surface area (Å²) < 4.78 is 4.59. The number of nitrogens with two attached hydrogens (primary N) is 1. The van der Waals surface area contributed by atoms with Gasteiger partial charge in [-0.25, -0.2) is 0 Å². The number of para-hydroxylation sites is 1. The van der Waals surface area contributed by atoms with E-state index in [1.807, 2.05) is 30.3 Å². The van der Waals surface area contributed by atoms with Crippen LogP contribution in [0.25, 0.3) is 0 Å². The van der Waals surface area contributed by atoms with Gasteiger partial charge in [-0.2, -0.15) is 4.98 Å². The number of rotatable bonds is 2. The molecular formula is C8H8N4O. The molecular weight excluding hydrogens is 168 g/mol. The Balaban J connectivity index is 2.15. The smallest absolute Gasteiger partial charge is 0.320 e. The van der Waals surface area contributed by atoms with Crippen molar-refractivity contribution in [2.45, 2.75) is 0 Å². The molecule has 0 unspecified atom stereocenters. The summed E-state index contributed by atoms with van der Waals surface area (Å²) in [4.78, 5) is 3.79. The summed E-state index contributed by atoms with van der Waals surface area (Å²) in [6.07, 6.45) is 0. The third kappa shape index (κ3) is 1.76. The van der Waals surface area contributed by atoms with Crippen molar-refractivity contribution in [3.63, 3.8) is 0 Å². The fraction of sp³-hybridized carbons (Fsp3) is 0. The number of hydrogen-bond acceptors (Lipinski definition) is 5. The Bertz CT molecular complexity index is 384. The molecule has 5 heteroatoms. The highest BCUT2D eigenvalue weighted by molar-refractivity contribution is 5.52. The molecule has 66 valence electrons. The van der Waals surface area contributed by atoms with Crippen LogP contribution in [0.5, 0.6) is 0 Å². The van der Waals surface area contributed by atoms with Gasteiger partial charge in [-0.3, -0.25) is 0 Å². The lowest BCUT2D eigenvalue weighted by atomic mass is 10.3. The number of benzene rings is 1. The molecule has 1 aromatic heterocycles. The first-order valence-corrected chi connectivity index (χ1v) is 3.76. The zero-order valence-electron chi connectivity index (χ0n) is 6.77. The molecule has 0 aliphatic rings. The number of nitrogens with one attached hydrogen (secondary N) is 1. The molecule has 2 rings (SSSR count). The lowest BCUT2D eigenvalue weighted by Gasteiger charge is -1.97. The Morgan fingerprint density at radius 3 is 2.62 bits per heavy atom. The van der Waals surface area contributed by atoms with Crippen molar-refractivity contribution in [3.05, 3.63) is 30.3 Å². The van der Waals surface area contributed by atoms with Gasteiger partial charge in [0.05, 0.1) is 0 Å². The molecule has 0 spiro atoms. The van der Waals surface area contributed by atoms with Gasteiger partial charge >= 0.3 is 6.01 Å². The van der Waals surface area contributed by atoms with Crippen LogP contribution in [0, 0.1) is 0 Å². The van der Waals surface area contributed by atoms with E-state index in [4.69, 9.17) is 5.73 Å². The summed E-state index contributed by atoms with van der Waals surface area (Å²) in [7, 11) is 0. The zero-order valence-corrected chi connectivity index (χ0v) is 6.77. The van der Waals surface area contributed by atoms with Gasteiger partial charge in [-0.15, -0.1) is 0 Å². The van der Waals surface area contributed by atoms with E-state index in [-0.39, 0.29) is 6.01 Å². The maximum Gasteiger partial charge on any atom is 0.320 e. The van der Waals surface area contributed by atoms with Crippen LogP contribution in [0.15, 0.2) is 34.9 Å². The van der Waals surface area contributed by atoms with Crippen LogP contribution in [0.2, 0.25) is 0 Å². The molecule has 3 N–H and O–H groups in total. The van der Waals surface area contributed by atoms with Crippen molar-refractivity contribution in [2.75, 3.05) is 11.1 Å². The van der Waals surface area contributed by atoms with Crippen molar-refractivity contribution in [3.8, 4) is 0 Å². The van der Waals surface area contributed by atoms with E-state index in [0.717, 1.165) is 5.69 Å². The third-order valence-electron chi connectivity index (χ3n) is 1.47. The first kappa shape index (κ1) is 7.60. The Morgan fingerprint density at radius 1 is 1.23 bits per heavy atom. The normalized spacial score (nSPS) is 9.85. The van der Waals surface area contributed by atoms with E-state index in [1.54, 1.807) is 0 Å². The van der Waals surface area contributed by atoms with E-state index >= 15 is 0 Å². The van der Waals surface area contributed by atoms with Crippen molar-refractivity contribution >= 4 is 17.7 Å². The van der Waals surface area contributed by atoms with Crippen LogP contribution >= 0.6 is 0 Å². The molecule has 0 aliphatic carbocycles. The fourth-order valence-corrected chi connectivity index (χ4v) is 0.937. The van der Waals surface area contributed by atoms with Gasteiger partial charge < -0.3 is 15.6 Å². The van der Waals surface area contributed by atoms with Gasteiger partial charge in [0.25, 0.3) is 5.95 Å². The highest BCUT2D eigenvalue weighted by Gasteiger charge is 2.00. The Morgan fingerprint density at radius 2 is 2.00 bits per heavy atom. The van der Waals surface area contributed by atoms with Crippen molar-refractivity contribution in [2.24, 2.45) is 0 Å². The van der Waals surface area contributed by atoms with Gasteiger partial charge in [-0.1, -0.05) is 18.2 Å². The van der Waals surface area contributed by atoms with E-state index < -0.39 is 0 Å². The maximum atomic E-state index is 5.25. The average Bonchev–Trinajstić information content (AvgIpc) is 2.53. The van der Waals surface area contributed by atoms with Crippen LogP contribution in [0.1, 0.15) is 0 Å². The van der Waals surface area contributed by atoms with E-state index in [0.29, 0.717) is 5.95 Å². The average molecular weight is 176 g/mol. The van der Waals surface area contributed by atoms with Gasteiger partial charge in [0.15, 0.2) is 0 Å². The zero-order chi connectivity index (χ0) is 9.10. The molecule has 0 saturated heterocycles. The number of nitrogen functional groups attached to an aromatic ring is 1. The molecule has 2 aromatic rings. The summed E-state index contributed by atoms with van der Waals surface area (Å²) in [6.45, 7) is 0. The minimum absolute atomic E-state index is 0.0541. The van der Waals surface area contributed by atoms with Crippen LogP contribution in [0.3, 0.4) is 0 Å². The molecule has 5 nitrogen and oxygen atoms in total. The molecule has 0 saturated carbocycles. The quantitative estimate of drug-likeness (QED) is 0.723. The molecule has 0 fully saturated rings. The number of nitrogens with zero attached hydrogens (tertiary/aromatic N) is 2. The molecule has 1 aromatic carbocycles. The standard InChI is InChI=1S/C8H8N4O/c9-7-11-8(12-13-7)10-6-4-2-1-3-5-6/h1-5H,(H3,9,10,11,12). The largest absolute Gasteiger partial charge is 0.351 e. The fourth-order valence-electron chi connectivity index (χ4n) is 0.937. The van der Waals surface area contributed by atoms with Crippen LogP contribution in [-0.2, 0) is 0 Å². The molecule has 0 atom stereocenters. The first-order chi connectivity index (χ1) is 6.34. The first-order valence-electron chi connectivity index (χ1n) is 3.76. The van der Waals surface area contributed by atoms with Crippen molar-refractivity contribution in [1.29, 1.82) is 0 Å². The second-order valence-corrected chi connectivity index (χ2v) is 2.45. The monoisotopic (exact) mass is 176 g/mol. The van der Waals surface area contributed by atoms with Crippen LogP contribution in [0.4, 0.5) is 17.7 Å². The molecule has 0 radical (unpaired) electrons. The molecule has 0 amide bonds. The van der Waals surface area contributed by atoms with Crippen LogP contribution in [-0.4, -0.2) is 10.1 Å². The second-order valence-electron chi connectivity index (χ2n) is 2.45. The van der Waals surface area contributed by atoms with E-state index in [1.165, 1.54) is 0 Å². The minimum atomic E-state index is 0.0541. The SMILES string of the molecule is Nc1nc(Nc2ccccc2)no1. The van der Waals surface area contributed by atoms with E-state index in [9.17, 15) is 0 Å². The molecule has 1 heterocycles. The highest BCUT2D eigenvalue weighted by atomic mass is 16.5. The van der Waals surface area contributed by atoms with Crippen molar-refractivity contribution < 1.29 is 4.52 Å². The summed E-state index contributed by atoms with van der Waals surface area (Å²) in [5.74, 6) is 0.365.